The molecule has 2 rings (SSSR count). The van der Waals surface area contributed by atoms with Crippen molar-refractivity contribution in [3.05, 3.63) is 16.1 Å². The molecule has 0 aromatic carbocycles. The molecule has 0 aliphatic carbocycles. The van der Waals surface area contributed by atoms with E-state index in [1.54, 1.807) is 11.3 Å². The lowest BCUT2D eigenvalue weighted by Gasteiger charge is -2.32. The van der Waals surface area contributed by atoms with E-state index in [-0.39, 0.29) is 5.91 Å². The van der Waals surface area contributed by atoms with Gasteiger partial charge in [0.2, 0.25) is 5.91 Å². The first-order valence-electron chi connectivity index (χ1n) is 6.38. The highest BCUT2D eigenvalue weighted by Crippen LogP contribution is 2.18. The van der Waals surface area contributed by atoms with Gasteiger partial charge in [0.1, 0.15) is 0 Å². The third-order valence-electron chi connectivity index (χ3n) is 3.39. The van der Waals surface area contributed by atoms with Gasteiger partial charge in [0.25, 0.3) is 0 Å². The maximum atomic E-state index is 11.4. The molecular formula is C13H21N3OS. The Morgan fingerprint density at radius 1 is 1.61 bits per heavy atom. The normalized spacial score (nSPS) is 20.8. The zero-order valence-electron chi connectivity index (χ0n) is 11.3. The second kappa shape index (κ2) is 5.80. The minimum atomic E-state index is 0.282. The number of thiazole rings is 1. The Labute approximate surface area is 113 Å². The maximum absolute atomic E-state index is 11.4. The lowest BCUT2D eigenvalue weighted by molar-refractivity contribution is -0.133. The molecule has 1 aromatic heterocycles. The first kappa shape index (κ1) is 13.5. The third kappa shape index (κ3) is 3.53. The number of hydrogen-bond acceptors (Lipinski definition) is 4. The Morgan fingerprint density at radius 2 is 2.39 bits per heavy atom. The monoisotopic (exact) mass is 267 g/mol. The summed E-state index contributed by atoms with van der Waals surface area (Å²) in [7, 11) is 4.03. The number of amides is 1. The average molecular weight is 267 g/mol. The molecule has 1 aromatic rings. The van der Waals surface area contributed by atoms with Gasteiger partial charge in [-0.25, -0.2) is 4.98 Å². The summed E-state index contributed by atoms with van der Waals surface area (Å²) in [4.78, 5) is 20.1. The number of piperidine rings is 1. The van der Waals surface area contributed by atoms with Gasteiger partial charge in [-0.05, 0) is 26.3 Å². The summed E-state index contributed by atoms with van der Waals surface area (Å²) in [5.41, 5.74) is 1.15. The molecule has 2 heterocycles. The molecule has 0 saturated carbocycles. The van der Waals surface area contributed by atoms with E-state index in [1.807, 2.05) is 18.9 Å². The van der Waals surface area contributed by atoms with E-state index in [0.29, 0.717) is 12.3 Å². The molecule has 1 unspecified atom stereocenters. The molecule has 1 aliphatic rings. The van der Waals surface area contributed by atoms with E-state index in [9.17, 15) is 4.79 Å². The molecule has 0 spiro atoms. The van der Waals surface area contributed by atoms with E-state index < -0.39 is 0 Å². The lowest BCUT2D eigenvalue weighted by atomic mass is 9.97. The quantitative estimate of drug-likeness (QED) is 0.834. The predicted octanol–water partition coefficient (Wildman–Crippen LogP) is 1.75. The van der Waals surface area contributed by atoms with Crippen LogP contribution in [0.4, 0.5) is 0 Å². The fraction of sp³-hybridized carbons (Fsp3) is 0.692. The SMILES string of the molecule is Cc1nc(CN(C)CC2CCC(=O)N(C)C2)cs1. The number of nitrogens with zero attached hydrogens (tertiary/aromatic N) is 3. The molecule has 0 radical (unpaired) electrons. The predicted molar refractivity (Wildman–Crippen MR) is 73.5 cm³/mol. The van der Waals surface area contributed by atoms with Crippen molar-refractivity contribution in [1.82, 2.24) is 14.8 Å². The molecule has 0 bridgehead atoms. The molecule has 1 saturated heterocycles. The summed E-state index contributed by atoms with van der Waals surface area (Å²) in [6.07, 6.45) is 1.72. The van der Waals surface area contributed by atoms with Gasteiger partial charge in [0, 0.05) is 38.5 Å². The number of aryl methyl sites for hydroxylation is 1. The van der Waals surface area contributed by atoms with Crippen LogP contribution in [-0.2, 0) is 11.3 Å². The van der Waals surface area contributed by atoms with Crippen molar-refractivity contribution in [3.8, 4) is 0 Å². The minimum absolute atomic E-state index is 0.282. The highest BCUT2D eigenvalue weighted by molar-refractivity contribution is 7.09. The first-order valence-corrected chi connectivity index (χ1v) is 7.26. The Bertz CT molecular complexity index is 418. The van der Waals surface area contributed by atoms with Gasteiger partial charge < -0.3 is 9.80 Å². The molecule has 4 nitrogen and oxygen atoms in total. The highest BCUT2D eigenvalue weighted by atomic mass is 32.1. The average Bonchev–Trinajstić information content (AvgIpc) is 2.69. The van der Waals surface area contributed by atoms with Crippen LogP contribution in [0.15, 0.2) is 5.38 Å². The maximum Gasteiger partial charge on any atom is 0.222 e. The van der Waals surface area contributed by atoms with Crippen LogP contribution >= 0.6 is 11.3 Å². The van der Waals surface area contributed by atoms with Crippen LogP contribution in [0.3, 0.4) is 0 Å². The van der Waals surface area contributed by atoms with Crippen molar-refractivity contribution in [1.29, 1.82) is 0 Å². The molecule has 1 fully saturated rings. The zero-order valence-corrected chi connectivity index (χ0v) is 12.2. The summed E-state index contributed by atoms with van der Waals surface area (Å²) in [5.74, 6) is 0.876. The first-order chi connectivity index (χ1) is 8.54. The molecule has 100 valence electrons. The number of carbonyl (C=O) groups is 1. The smallest absolute Gasteiger partial charge is 0.222 e. The Hall–Kier alpha value is -0.940. The minimum Gasteiger partial charge on any atom is -0.345 e. The van der Waals surface area contributed by atoms with Crippen LogP contribution in [0, 0.1) is 12.8 Å². The van der Waals surface area contributed by atoms with Crippen LogP contribution in [0.5, 0.6) is 0 Å². The van der Waals surface area contributed by atoms with E-state index in [1.165, 1.54) is 0 Å². The third-order valence-corrected chi connectivity index (χ3v) is 4.21. The van der Waals surface area contributed by atoms with Crippen molar-refractivity contribution in [2.45, 2.75) is 26.3 Å². The van der Waals surface area contributed by atoms with Gasteiger partial charge in [-0.2, -0.15) is 0 Å². The summed E-state index contributed by atoms with van der Waals surface area (Å²) >= 11 is 1.70. The summed E-state index contributed by atoms with van der Waals surface area (Å²) in [6, 6.07) is 0. The molecule has 0 N–H and O–H groups in total. The van der Waals surface area contributed by atoms with Crippen LogP contribution in [0.25, 0.3) is 0 Å². The Morgan fingerprint density at radius 3 is 3.00 bits per heavy atom. The lowest BCUT2D eigenvalue weighted by Crippen LogP contribution is -2.41. The largest absolute Gasteiger partial charge is 0.345 e. The van der Waals surface area contributed by atoms with Gasteiger partial charge in [-0.15, -0.1) is 11.3 Å². The van der Waals surface area contributed by atoms with Crippen LogP contribution in [0.2, 0.25) is 0 Å². The van der Waals surface area contributed by atoms with Crippen molar-refractivity contribution in [2.75, 3.05) is 27.2 Å². The fourth-order valence-electron chi connectivity index (χ4n) is 2.51. The van der Waals surface area contributed by atoms with Crippen molar-refractivity contribution in [3.63, 3.8) is 0 Å². The van der Waals surface area contributed by atoms with Crippen molar-refractivity contribution < 1.29 is 4.79 Å². The second-order valence-corrected chi connectivity index (χ2v) is 6.30. The highest BCUT2D eigenvalue weighted by Gasteiger charge is 2.23. The molecular weight excluding hydrogens is 246 g/mol. The van der Waals surface area contributed by atoms with Gasteiger partial charge in [0.15, 0.2) is 0 Å². The fourth-order valence-corrected chi connectivity index (χ4v) is 3.11. The molecule has 1 aliphatic heterocycles. The topological polar surface area (TPSA) is 36.4 Å². The number of hydrogen-bond donors (Lipinski definition) is 0. The molecule has 1 atom stereocenters. The number of aromatic nitrogens is 1. The summed E-state index contributed by atoms with van der Waals surface area (Å²) in [6.45, 7) is 4.86. The van der Waals surface area contributed by atoms with Gasteiger partial charge in [-0.3, -0.25) is 4.79 Å². The van der Waals surface area contributed by atoms with Crippen LogP contribution in [0.1, 0.15) is 23.5 Å². The van der Waals surface area contributed by atoms with Gasteiger partial charge in [0.05, 0.1) is 10.7 Å². The second-order valence-electron chi connectivity index (χ2n) is 5.23. The Balaban J connectivity index is 1.80. The van der Waals surface area contributed by atoms with E-state index in [4.69, 9.17) is 0 Å². The van der Waals surface area contributed by atoms with E-state index >= 15 is 0 Å². The number of carbonyl (C=O) groups excluding carboxylic acids is 1. The van der Waals surface area contributed by atoms with Crippen molar-refractivity contribution >= 4 is 17.2 Å². The van der Waals surface area contributed by atoms with Crippen molar-refractivity contribution in [2.24, 2.45) is 5.92 Å². The van der Waals surface area contributed by atoms with Gasteiger partial charge in [-0.1, -0.05) is 0 Å². The summed E-state index contributed by atoms with van der Waals surface area (Å²) < 4.78 is 0. The summed E-state index contributed by atoms with van der Waals surface area (Å²) in [5, 5.41) is 3.25. The molecule has 5 heteroatoms. The standard InChI is InChI=1S/C13H21N3OS/c1-10-14-12(9-18-10)8-15(2)6-11-4-5-13(17)16(3)7-11/h9,11H,4-8H2,1-3H3. The number of likely N-dealkylation sites (tertiary alicyclic amines) is 1. The Kier molecular flexibility index (Phi) is 4.35. The number of rotatable bonds is 4. The van der Waals surface area contributed by atoms with Crippen LogP contribution < -0.4 is 0 Å². The molecule has 1 amide bonds. The molecule has 18 heavy (non-hydrogen) atoms. The zero-order chi connectivity index (χ0) is 13.1. The van der Waals surface area contributed by atoms with Crippen LogP contribution in [-0.4, -0.2) is 47.9 Å². The van der Waals surface area contributed by atoms with Gasteiger partial charge >= 0.3 is 0 Å². The van der Waals surface area contributed by atoms with E-state index in [2.05, 4.69) is 22.3 Å². The van der Waals surface area contributed by atoms with E-state index in [0.717, 1.165) is 36.8 Å².